The Bertz CT molecular complexity index is 1080. The third-order valence-corrected chi connectivity index (χ3v) is 5.73. The van der Waals surface area contributed by atoms with Crippen LogP contribution in [0.4, 0.5) is 14.5 Å². The van der Waals surface area contributed by atoms with E-state index in [1.807, 2.05) is 4.90 Å². The summed E-state index contributed by atoms with van der Waals surface area (Å²) in [6.07, 6.45) is 2.46. The number of sulfonamides is 1. The predicted octanol–water partition coefficient (Wildman–Crippen LogP) is 4.01. The van der Waals surface area contributed by atoms with Gasteiger partial charge in [-0.1, -0.05) is 23.2 Å². The molecule has 1 saturated heterocycles. The van der Waals surface area contributed by atoms with E-state index in [0.717, 1.165) is 43.5 Å². The van der Waals surface area contributed by atoms with Gasteiger partial charge in [0.2, 0.25) is 10.0 Å². The van der Waals surface area contributed by atoms with E-state index in [4.69, 9.17) is 27.9 Å². The Kier molecular flexibility index (Phi) is 6.74. The maximum Gasteiger partial charge on any atom is 0.267 e. The first-order valence-electron chi connectivity index (χ1n) is 8.91. The molecule has 1 heterocycles. The van der Waals surface area contributed by atoms with Crippen molar-refractivity contribution in [2.45, 2.75) is 18.9 Å². The number of rotatable bonds is 6. The Hall–Kier alpha value is -2.10. The van der Waals surface area contributed by atoms with E-state index in [2.05, 4.69) is 0 Å². The quantitative estimate of drug-likeness (QED) is 0.678. The highest BCUT2D eigenvalue weighted by Crippen LogP contribution is 2.32. The molecule has 0 radical (unpaired) electrons. The van der Waals surface area contributed by atoms with Crippen LogP contribution in [0, 0.1) is 11.6 Å². The average Bonchev–Trinajstić information content (AvgIpc) is 3.11. The number of benzene rings is 2. The summed E-state index contributed by atoms with van der Waals surface area (Å²) in [7, 11) is -3.85. The normalized spacial score (nSPS) is 16.6. The lowest BCUT2D eigenvalue weighted by Gasteiger charge is -2.27. The molecule has 1 N–H and O–H groups in total. The van der Waals surface area contributed by atoms with Gasteiger partial charge in [0.25, 0.3) is 5.91 Å². The number of nitrogens with one attached hydrogen (secondary N) is 1. The molecule has 0 aromatic heterocycles. The van der Waals surface area contributed by atoms with Crippen LogP contribution in [0.5, 0.6) is 5.75 Å². The topological polar surface area (TPSA) is 75.7 Å². The number of carbonyl (C=O) groups is 1. The molecule has 0 unspecified atom stereocenters. The van der Waals surface area contributed by atoms with E-state index >= 15 is 0 Å². The van der Waals surface area contributed by atoms with Gasteiger partial charge in [-0.25, -0.2) is 21.9 Å². The zero-order chi connectivity index (χ0) is 22.1. The molecule has 0 bridgehead atoms. The second kappa shape index (κ2) is 8.95. The number of nitrogens with zero attached hydrogens (tertiary/aromatic N) is 1. The molecule has 1 amide bonds. The molecule has 2 aromatic rings. The van der Waals surface area contributed by atoms with Crippen molar-refractivity contribution in [1.82, 2.24) is 4.72 Å². The minimum atomic E-state index is -3.85. The molecule has 2 aromatic carbocycles. The lowest BCUT2D eigenvalue weighted by Crippen LogP contribution is -2.34. The SMILES string of the molecule is CS(=O)(=O)NC(=O)c1cc(Cl)c(OC[C@H]2CCCN2c2ccc(F)c(Cl)c2)cc1F. The smallest absolute Gasteiger partial charge is 0.267 e. The summed E-state index contributed by atoms with van der Waals surface area (Å²) in [5, 5.41) is -0.0171. The molecular weight excluding hydrogens is 461 g/mol. The van der Waals surface area contributed by atoms with Crippen molar-refractivity contribution in [1.29, 1.82) is 0 Å². The molecule has 1 aliphatic rings. The van der Waals surface area contributed by atoms with E-state index in [0.29, 0.717) is 0 Å². The zero-order valence-corrected chi connectivity index (χ0v) is 18.1. The largest absolute Gasteiger partial charge is 0.490 e. The van der Waals surface area contributed by atoms with E-state index in [9.17, 15) is 22.0 Å². The van der Waals surface area contributed by atoms with Crippen molar-refractivity contribution < 1.29 is 26.7 Å². The highest BCUT2D eigenvalue weighted by atomic mass is 35.5. The van der Waals surface area contributed by atoms with Gasteiger partial charge in [0.05, 0.1) is 27.9 Å². The van der Waals surface area contributed by atoms with Crippen molar-refractivity contribution in [3.63, 3.8) is 0 Å². The first-order chi connectivity index (χ1) is 14.0. The Morgan fingerprint density at radius 1 is 1.20 bits per heavy atom. The van der Waals surface area contributed by atoms with Gasteiger partial charge in [0, 0.05) is 18.3 Å². The van der Waals surface area contributed by atoms with Crippen molar-refractivity contribution in [3.05, 3.63) is 57.6 Å². The number of amides is 1. The summed E-state index contributed by atoms with van der Waals surface area (Å²) in [6.45, 7) is 0.895. The van der Waals surface area contributed by atoms with Crippen LogP contribution in [-0.4, -0.2) is 39.8 Å². The highest BCUT2D eigenvalue weighted by molar-refractivity contribution is 7.89. The molecule has 11 heteroatoms. The van der Waals surface area contributed by atoms with Gasteiger partial charge in [-0.05, 0) is 37.1 Å². The van der Waals surface area contributed by atoms with Crippen LogP contribution in [0.3, 0.4) is 0 Å². The molecule has 1 atom stereocenters. The van der Waals surface area contributed by atoms with Crippen LogP contribution in [-0.2, 0) is 10.0 Å². The van der Waals surface area contributed by atoms with E-state index in [-0.39, 0.29) is 28.4 Å². The lowest BCUT2D eigenvalue weighted by molar-refractivity contribution is 0.0977. The van der Waals surface area contributed by atoms with Gasteiger partial charge >= 0.3 is 0 Å². The van der Waals surface area contributed by atoms with E-state index in [1.165, 1.54) is 12.1 Å². The number of anilines is 1. The minimum Gasteiger partial charge on any atom is -0.490 e. The Morgan fingerprint density at radius 3 is 2.60 bits per heavy atom. The van der Waals surface area contributed by atoms with Crippen molar-refractivity contribution in [3.8, 4) is 5.75 Å². The van der Waals surface area contributed by atoms with Crippen LogP contribution in [0.25, 0.3) is 0 Å². The molecule has 0 aliphatic carbocycles. The molecule has 6 nitrogen and oxygen atoms in total. The lowest BCUT2D eigenvalue weighted by atomic mass is 10.2. The number of hydrogen-bond acceptors (Lipinski definition) is 5. The fourth-order valence-corrected chi connectivity index (χ4v) is 4.07. The second-order valence-electron chi connectivity index (χ2n) is 6.86. The summed E-state index contributed by atoms with van der Waals surface area (Å²) in [6, 6.07) is 6.34. The Balaban J connectivity index is 1.72. The molecule has 30 heavy (non-hydrogen) atoms. The van der Waals surface area contributed by atoms with E-state index < -0.39 is 33.1 Å². The molecule has 0 spiro atoms. The van der Waals surface area contributed by atoms with Crippen molar-refractivity contribution in [2.75, 3.05) is 24.3 Å². The highest BCUT2D eigenvalue weighted by Gasteiger charge is 2.27. The standard InChI is InChI=1S/C19H18Cl2F2N2O4S/c1-30(27,28)24-19(26)13-8-15(21)18(9-17(13)23)29-10-12-3-2-6-25(12)11-4-5-16(22)14(20)7-11/h4-5,7-9,12H,2-3,6,10H2,1H3,(H,24,26)/t12-/m1/s1. The van der Waals surface area contributed by atoms with Gasteiger partial charge in [0.1, 0.15) is 24.0 Å². The molecule has 0 saturated carbocycles. The number of carbonyl (C=O) groups excluding carboxylic acids is 1. The van der Waals surface area contributed by atoms with Gasteiger partial charge in [-0.15, -0.1) is 0 Å². The first-order valence-corrected chi connectivity index (χ1v) is 11.6. The third-order valence-electron chi connectivity index (χ3n) is 4.59. The fourth-order valence-electron chi connectivity index (χ4n) is 3.24. The maximum absolute atomic E-state index is 14.3. The summed E-state index contributed by atoms with van der Waals surface area (Å²) in [4.78, 5) is 13.9. The van der Waals surface area contributed by atoms with Crippen molar-refractivity contribution >= 4 is 44.8 Å². The maximum atomic E-state index is 14.3. The van der Waals surface area contributed by atoms with Gasteiger partial charge in [-0.2, -0.15) is 0 Å². The van der Waals surface area contributed by atoms with Gasteiger partial charge in [0.15, 0.2) is 0 Å². The number of ether oxygens (including phenoxy) is 1. The fraction of sp³-hybridized carbons (Fsp3) is 0.316. The summed E-state index contributed by atoms with van der Waals surface area (Å²) in [5.41, 5.74) is 0.235. The van der Waals surface area contributed by atoms with Gasteiger partial charge < -0.3 is 9.64 Å². The minimum absolute atomic E-state index is 0.0205. The summed E-state index contributed by atoms with van der Waals surface area (Å²) in [5.74, 6) is -2.58. The monoisotopic (exact) mass is 478 g/mol. The summed E-state index contributed by atoms with van der Waals surface area (Å²) >= 11 is 12.0. The average molecular weight is 479 g/mol. The molecule has 1 aliphatic heterocycles. The molecule has 1 fully saturated rings. The predicted molar refractivity (Wildman–Crippen MR) is 111 cm³/mol. The van der Waals surface area contributed by atoms with Crippen LogP contribution < -0.4 is 14.4 Å². The number of hydrogen-bond donors (Lipinski definition) is 1. The van der Waals surface area contributed by atoms with Crippen LogP contribution in [0.2, 0.25) is 10.0 Å². The molecular formula is C19H18Cl2F2N2O4S. The van der Waals surface area contributed by atoms with Crippen LogP contribution >= 0.6 is 23.2 Å². The first kappa shape index (κ1) is 22.6. The number of halogens is 4. The third kappa shape index (κ3) is 5.33. The zero-order valence-electron chi connectivity index (χ0n) is 15.8. The summed E-state index contributed by atoms with van der Waals surface area (Å²) < 4.78 is 57.4. The Labute approximate surface area is 182 Å². The second-order valence-corrected chi connectivity index (χ2v) is 9.43. The van der Waals surface area contributed by atoms with Crippen LogP contribution in [0.1, 0.15) is 23.2 Å². The van der Waals surface area contributed by atoms with Crippen molar-refractivity contribution in [2.24, 2.45) is 0 Å². The van der Waals surface area contributed by atoms with E-state index in [1.54, 1.807) is 10.8 Å². The van der Waals surface area contributed by atoms with Gasteiger partial charge in [-0.3, -0.25) is 4.79 Å². The molecule has 3 rings (SSSR count). The van der Waals surface area contributed by atoms with Crippen LogP contribution in [0.15, 0.2) is 30.3 Å². The Morgan fingerprint density at radius 2 is 1.93 bits per heavy atom. The molecule has 162 valence electrons.